The second-order valence-corrected chi connectivity index (χ2v) is 12.2. The van der Waals surface area contributed by atoms with Crippen LogP contribution in [0.3, 0.4) is 0 Å². The lowest BCUT2D eigenvalue weighted by Crippen LogP contribution is -2.27. The summed E-state index contributed by atoms with van der Waals surface area (Å²) in [5.41, 5.74) is 2.65. The summed E-state index contributed by atoms with van der Waals surface area (Å²) in [4.78, 5) is 13.0. The van der Waals surface area contributed by atoms with Crippen molar-refractivity contribution in [3.05, 3.63) is 83.4 Å². The van der Waals surface area contributed by atoms with E-state index in [0.29, 0.717) is 30.0 Å². The number of carbonyl (C=O) groups is 1. The number of amides is 1. The van der Waals surface area contributed by atoms with E-state index in [1.165, 1.54) is 40.7 Å². The first-order valence-electron chi connectivity index (χ1n) is 11.2. The van der Waals surface area contributed by atoms with E-state index in [2.05, 4.69) is 10.0 Å². The van der Waals surface area contributed by atoms with Gasteiger partial charge in [-0.2, -0.15) is 4.31 Å². The molecule has 0 spiro atoms. The summed E-state index contributed by atoms with van der Waals surface area (Å²) in [6.07, 6.45) is 1.68. The molecule has 1 aliphatic heterocycles. The first-order valence-corrected chi connectivity index (χ1v) is 14.1. The number of sulfonamides is 2. The molecule has 0 aliphatic carbocycles. The molecule has 2 N–H and O–H groups in total. The Hall–Kier alpha value is -3.21. The smallest absolute Gasteiger partial charge is 0.261 e. The Kier molecular flexibility index (Phi) is 6.98. The van der Waals surface area contributed by atoms with E-state index < -0.39 is 26.0 Å². The van der Waals surface area contributed by atoms with Gasteiger partial charge < -0.3 is 5.32 Å². The van der Waals surface area contributed by atoms with Crippen LogP contribution in [-0.4, -0.2) is 40.1 Å². The predicted molar refractivity (Wildman–Crippen MR) is 136 cm³/mol. The molecule has 0 atom stereocenters. The summed E-state index contributed by atoms with van der Waals surface area (Å²) < 4.78 is 55.2. The van der Waals surface area contributed by atoms with Gasteiger partial charge in [0.05, 0.1) is 9.79 Å². The van der Waals surface area contributed by atoms with Gasteiger partial charge in [-0.05, 0) is 86.3 Å². The summed E-state index contributed by atoms with van der Waals surface area (Å²) in [5, 5.41) is 2.73. The Morgan fingerprint density at radius 1 is 0.829 bits per heavy atom. The molecule has 35 heavy (non-hydrogen) atoms. The fourth-order valence-electron chi connectivity index (χ4n) is 3.88. The van der Waals surface area contributed by atoms with E-state index in [1.54, 1.807) is 31.2 Å². The average molecular weight is 514 g/mol. The maximum absolute atomic E-state index is 12.9. The fraction of sp³-hybridized carbons (Fsp3) is 0.240. The topological polar surface area (TPSA) is 113 Å². The third-order valence-corrected chi connectivity index (χ3v) is 9.15. The number of benzene rings is 3. The Labute approximate surface area is 206 Å². The van der Waals surface area contributed by atoms with Gasteiger partial charge in [0.1, 0.15) is 0 Å². The lowest BCUT2D eigenvalue weighted by atomic mass is 10.1. The van der Waals surface area contributed by atoms with Crippen LogP contribution in [0.4, 0.5) is 11.4 Å². The van der Waals surface area contributed by atoms with Gasteiger partial charge in [0.25, 0.3) is 15.9 Å². The van der Waals surface area contributed by atoms with Crippen molar-refractivity contribution in [2.24, 2.45) is 0 Å². The van der Waals surface area contributed by atoms with Crippen molar-refractivity contribution in [1.82, 2.24) is 4.31 Å². The second-order valence-electron chi connectivity index (χ2n) is 8.54. The van der Waals surface area contributed by atoms with Crippen molar-refractivity contribution in [1.29, 1.82) is 0 Å². The number of hydrogen-bond acceptors (Lipinski definition) is 5. The van der Waals surface area contributed by atoms with Gasteiger partial charge in [0.15, 0.2) is 0 Å². The second kappa shape index (κ2) is 9.80. The minimum absolute atomic E-state index is 0.00645. The highest BCUT2D eigenvalue weighted by Gasteiger charge is 2.27. The molecule has 0 unspecified atom stereocenters. The maximum Gasteiger partial charge on any atom is 0.261 e. The van der Waals surface area contributed by atoms with Crippen LogP contribution < -0.4 is 10.0 Å². The predicted octanol–water partition coefficient (Wildman–Crippen LogP) is 4.14. The Morgan fingerprint density at radius 2 is 1.49 bits per heavy atom. The number of nitrogens with zero attached hydrogens (tertiary/aromatic N) is 1. The third-order valence-electron chi connectivity index (χ3n) is 5.86. The summed E-state index contributed by atoms with van der Waals surface area (Å²) in [7, 11) is -7.44. The SMILES string of the molecule is Cc1cccc(NS(=O)(=O)c2ccc(C)c(NC(=O)c3ccc(S(=O)(=O)N4CCCC4)cc3)c2)c1. The molecule has 3 aromatic rings. The summed E-state index contributed by atoms with van der Waals surface area (Å²) in [6, 6.07) is 17.2. The normalized spacial score (nSPS) is 14.6. The molecule has 1 aliphatic rings. The van der Waals surface area contributed by atoms with Gasteiger partial charge in [-0.3, -0.25) is 9.52 Å². The van der Waals surface area contributed by atoms with Crippen molar-refractivity contribution in [2.75, 3.05) is 23.1 Å². The van der Waals surface area contributed by atoms with Crippen molar-refractivity contribution in [2.45, 2.75) is 36.5 Å². The van der Waals surface area contributed by atoms with Crippen LogP contribution in [-0.2, 0) is 20.0 Å². The molecule has 1 amide bonds. The molecule has 1 saturated heterocycles. The van der Waals surface area contributed by atoms with Gasteiger partial charge in [0, 0.05) is 30.0 Å². The van der Waals surface area contributed by atoms with Crippen molar-refractivity contribution >= 4 is 37.3 Å². The van der Waals surface area contributed by atoms with E-state index >= 15 is 0 Å². The summed E-state index contributed by atoms with van der Waals surface area (Å²) in [6.45, 7) is 4.63. The van der Waals surface area contributed by atoms with Crippen LogP contribution in [0, 0.1) is 13.8 Å². The lowest BCUT2D eigenvalue weighted by molar-refractivity contribution is 0.102. The van der Waals surface area contributed by atoms with Gasteiger partial charge in [-0.1, -0.05) is 18.2 Å². The minimum Gasteiger partial charge on any atom is -0.322 e. The van der Waals surface area contributed by atoms with Crippen LogP contribution in [0.15, 0.2) is 76.5 Å². The molecule has 10 heteroatoms. The third kappa shape index (κ3) is 5.55. The standard InChI is InChI=1S/C25H27N3O5S2/c1-18-6-5-7-21(16-18)27-34(30,31)23-11-8-19(2)24(17-23)26-25(29)20-9-12-22(13-10-20)35(32,33)28-14-3-4-15-28/h5-13,16-17,27H,3-4,14-15H2,1-2H3,(H,26,29). The molecular formula is C25H27N3O5S2. The number of anilines is 2. The van der Waals surface area contributed by atoms with Crippen LogP contribution in [0.2, 0.25) is 0 Å². The van der Waals surface area contributed by atoms with E-state index in [9.17, 15) is 21.6 Å². The molecular weight excluding hydrogens is 486 g/mol. The number of nitrogens with one attached hydrogen (secondary N) is 2. The quantitative estimate of drug-likeness (QED) is 0.493. The van der Waals surface area contributed by atoms with Gasteiger partial charge in [-0.15, -0.1) is 0 Å². The molecule has 3 aromatic carbocycles. The first kappa shape index (κ1) is 24.9. The zero-order chi connectivity index (χ0) is 25.2. The average Bonchev–Trinajstić information content (AvgIpc) is 3.36. The van der Waals surface area contributed by atoms with Gasteiger partial charge in [0.2, 0.25) is 10.0 Å². The highest BCUT2D eigenvalue weighted by atomic mass is 32.2. The van der Waals surface area contributed by atoms with E-state index in [4.69, 9.17) is 0 Å². The highest BCUT2D eigenvalue weighted by Crippen LogP contribution is 2.25. The minimum atomic E-state index is -3.87. The number of hydrogen-bond donors (Lipinski definition) is 2. The van der Waals surface area contributed by atoms with Crippen LogP contribution >= 0.6 is 0 Å². The fourth-order valence-corrected chi connectivity index (χ4v) is 6.47. The lowest BCUT2D eigenvalue weighted by Gasteiger charge is -2.16. The molecule has 1 heterocycles. The summed E-state index contributed by atoms with van der Waals surface area (Å²) >= 11 is 0. The summed E-state index contributed by atoms with van der Waals surface area (Å²) in [5.74, 6) is -0.473. The van der Waals surface area contributed by atoms with E-state index in [0.717, 1.165) is 18.4 Å². The van der Waals surface area contributed by atoms with Gasteiger partial charge >= 0.3 is 0 Å². The number of aryl methyl sites for hydroxylation is 2. The molecule has 0 bridgehead atoms. The Morgan fingerprint density at radius 3 is 2.14 bits per heavy atom. The van der Waals surface area contributed by atoms with Gasteiger partial charge in [-0.25, -0.2) is 16.8 Å². The molecule has 8 nitrogen and oxygen atoms in total. The molecule has 4 rings (SSSR count). The monoisotopic (exact) mass is 513 g/mol. The molecule has 184 valence electrons. The van der Waals surface area contributed by atoms with E-state index in [1.807, 2.05) is 13.0 Å². The maximum atomic E-state index is 12.9. The zero-order valence-corrected chi connectivity index (χ0v) is 21.1. The van der Waals surface area contributed by atoms with Crippen molar-refractivity contribution in [3.63, 3.8) is 0 Å². The zero-order valence-electron chi connectivity index (χ0n) is 19.5. The molecule has 0 radical (unpaired) electrons. The number of rotatable bonds is 7. The van der Waals surface area contributed by atoms with Crippen molar-refractivity contribution in [3.8, 4) is 0 Å². The molecule has 1 fully saturated rings. The van der Waals surface area contributed by atoms with Crippen LogP contribution in [0.25, 0.3) is 0 Å². The Bertz CT molecular complexity index is 1460. The molecule has 0 saturated carbocycles. The van der Waals surface area contributed by atoms with Crippen molar-refractivity contribution < 1.29 is 21.6 Å². The first-order chi connectivity index (χ1) is 16.6. The largest absolute Gasteiger partial charge is 0.322 e. The Balaban J connectivity index is 1.52. The van der Waals surface area contributed by atoms with Crippen LogP contribution in [0.1, 0.15) is 34.3 Å². The highest BCUT2D eigenvalue weighted by molar-refractivity contribution is 7.92. The molecule has 0 aromatic heterocycles. The number of carbonyl (C=O) groups excluding carboxylic acids is 1. The van der Waals surface area contributed by atoms with E-state index in [-0.39, 0.29) is 15.4 Å². The van der Waals surface area contributed by atoms with Crippen LogP contribution in [0.5, 0.6) is 0 Å².